The van der Waals surface area contributed by atoms with Crippen molar-refractivity contribution in [3.63, 3.8) is 0 Å². The van der Waals surface area contributed by atoms with Crippen molar-refractivity contribution in [1.29, 1.82) is 0 Å². The first-order valence-electron chi connectivity index (χ1n) is 7.64. The number of nitrogens with one attached hydrogen (secondary N) is 1. The Kier molecular flexibility index (Phi) is 6.06. The molecule has 2 aromatic rings. The van der Waals surface area contributed by atoms with E-state index in [1.807, 2.05) is 6.92 Å². The Balaban J connectivity index is 1.91. The normalized spacial score (nSPS) is 12.4. The molecule has 0 saturated carbocycles. The summed E-state index contributed by atoms with van der Waals surface area (Å²) in [6.45, 7) is 2.73. The maximum Gasteiger partial charge on any atom is 0.321 e. The van der Waals surface area contributed by atoms with E-state index < -0.39 is 28.6 Å². The van der Waals surface area contributed by atoms with Crippen LogP contribution in [0.1, 0.15) is 22.8 Å². The lowest BCUT2D eigenvalue weighted by molar-refractivity contribution is -0.144. The van der Waals surface area contributed by atoms with Crippen molar-refractivity contribution in [2.45, 2.75) is 24.8 Å². The Bertz CT molecular complexity index is 845. The van der Waals surface area contributed by atoms with E-state index in [0.717, 1.165) is 5.56 Å². The zero-order valence-electron chi connectivity index (χ0n) is 13.9. The minimum Gasteiger partial charge on any atom is -0.453 e. The Morgan fingerprint density at radius 3 is 2.24 bits per heavy atom. The van der Waals surface area contributed by atoms with Crippen molar-refractivity contribution >= 4 is 21.8 Å². The maximum atomic E-state index is 12.1. The average molecular weight is 361 g/mol. The highest BCUT2D eigenvalue weighted by atomic mass is 32.2. The average Bonchev–Trinajstić information content (AvgIpc) is 2.60. The summed E-state index contributed by atoms with van der Waals surface area (Å²) in [5, 5.41) is 0. The van der Waals surface area contributed by atoms with Crippen molar-refractivity contribution in [1.82, 2.24) is 4.72 Å². The topological polar surface area (TPSA) is 89.5 Å². The maximum absolute atomic E-state index is 12.1. The molecular weight excluding hydrogens is 342 g/mol. The fourth-order valence-electron chi connectivity index (χ4n) is 2.08. The van der Waals surface area contributed by atoms with E-state index in [0.29, 0.717) is 5.56 Å². The molecule has 7 heteroatoms. The van der Waals surface area contributed by atoms with Gasteiger partial charge in [-0.2, -0.15) is 4.72 Å². The molecule has 0 aliphatic heterocycles. The van der Waals surface area contributed by atoms with E-state index in [2.05, 4.69) is 4.72 Å². The van der Waals surface area contributed by atoms with Crippen molar-refractivity contribution < 1.29 is 22.7 Å². The van der Waals surface area contributed by atoms with Crippen LogP contribution in [0.4, 0.5) is 0 Å². The number of sulfonamides is 1. The number of rotatable bonds is 7. The van der Waals surface area contributed by atoms with Gasteiger partial charge in [0.05, 0.1) is 4.90 Å². The number of esters is 1. The Morgan fingerprint density at radius 2 is 1.64 bits per heavy atom. The molecule has 2 rings (SSSR count). The van der Waals surface area contributed by atoms with Gasteiger partial charge in [0.1, 0.15) is 6.54 Å². The predicted molar refractivity (Wildman–Crippen MR) is 92.7 cm³/mol. The lowest BCUT2D eigenvalue weighted by atomic mass is 10.1. The number of aryl methyl sites for hydroxylation is 1. The van der Waals surface area contributed by atoms with Gasteiger partial charge in [-0.1, -0.05) is 48.0 Å². The van der Waals surface area contributed by atoms with Crippen LogP contribution in [0.15, 0.2) is 59.5 Å². The van der Waals surface area contributed by atoms with Gasteiger partial charge in [0.15, 0.2) is 6.10 Å². The first-order valence-corrected chi connectivity index (χ1v) is 9.13. The number of Topliss-reactive ketones (excluding diaryl/α,β-unsaturated/α-hetero) is 1. The molecule has 25 heavy (non-hydrogen) atoms. The van der Waals surface area contributed by atoms with Gasteiger partial charge in [-0.05, 0) is 26.0 Å². The summed E-state index contributed by atoms with van der Waals surface area (Å²) >= 11 is 0. The number of carbonyl (C=O) groups excluding carboxylic acids is 2. The fourth-order valence-corrected chi connectivity index (χ4v) is 3.05. The Labute approximate surface area is 146 Å². The molecule has 1 N–H and O–H groups in total. The molecule has 1 atom stereocenters. The van der Waals surface area contributed by atoms with E-state index in [-0.39, 0.29) is 10.7 Å². The van der Waals surface area contributed by atoms with Crippen LogP contribution in [-0.2, 0) is 19.6 Å². The van der Waals surface area contributed by atoms with Crippen molar-refractivity contribution in [3.05, 3.63) is 65.7 Å². The molecular formula is C18H19NO5S. The molecule has 0 amide bonds. The standard InChI is InChI=1S/C18H19NO5S/c1-13-8-10-16(11-9-13)25(22,23)19-12-17(20)24-14(2)18(21)15-6-4-3-5-7-15/h3-11,14,19H,12H2,1-2H3/t14-/m1/s1. The van der Waals surface area contributed by atoms with Crippen molar-refractivity contribution in [2.75, 3.05) is 6.54 Å². The second-order valence-corrected chi connectivity index (χ2v) is 7.27. The smallest absolute Gasteiger partial charge is 0.321 e. The minimum absolute atomic E-state index is 0.0549. The summed E-state index contributed by atoms with van der Waals surface area (Å²) in [5.41, 5.74) is 1.34. The summed E-state index contributed by atoms with van der Waals surface area (Å²) < 4.78 is 31.4. The quantitative estimate of drug-likeness (QED) is 0.602. The van der Waals surface area contributed by atoms with E-state index in [1.54, 1.807) is 42.5 Å². The van der Waals surface area contributed by atoms with Gasteiger partial charge >= 0.3 is 5.97 Å². The van der Waals surface area contributed by atoms with Crippen LogP contribution in [-0.4, -0.2) is 32.8 Å². The Morgan fingerprint density at radius 1 is 1.04 bits per heavy atom. The number of ether oxygens (including phenoxy) is 1. The molecule has 6 nitrogen and oxygen atoms in total. The summed E-state index contributed by atoms with van der Waals surface area (Å²) in [4.78, 5) is 24.0. The zero-order valence-corrected chi connectivity index (χ0v) is 14.7. The summed E-state index contributed by atoms with van der Waals surface area (Å²) in [7, 11) is -3.82. The van der Waals surface area contributed by atoms with Gasteiger partial charge in [-0.3, -0.25) is 9.59 Å². The highest BCUT2D eigenvalue weighted by Crippen LogP contribution is 2.10. The second-order valence-electron chi connectivity index (χ2n) is 5.50. The molecule has 0 spiro atoms. The highest BCUT2D eigenvalue weighted by molar-refractivity contribution is 7.89. The van der Waals surface area contributed by atoms with E-state index >= 15 is 0 Å². The van der Waals surface area contributed by atoms with Gasteiger partial charge in [0, 0.05) is 5.56 Å². The van der Waals surface area contributed by atoms with Crippen LogP contribution in [0.5, 0.6) is 0 Å². The summed E-state index contributed by atoms with van der Waals surface area (Å²) in [5.74, 6) is -1.18. The lowest BCUT2D eigenvalue weighted by Gasteiger charge is -2.13. The van der Waals surface area contributed by atoms with Crippen molar-refractivity contribution in [2.24, 2.45) is 0 Å². The molecule has 0 bridgehead atoms. The van der Waals surface area contributed by atoms with Crippen LogP contribution < -0.4 is 4.72 Å². The highest BCUT2D eigenvalue weighted by Gasteiger charge is 2.21. The molecule has 0 heterocycles. The van der Waals surface area contributed by atoms with Crippen LogP contribution in [0.25, 0.3) is 0 Å². The van der Waals surface area contributed by atoms with Gasteiger partial charge in [0.2, 0.25) is 15.8 Å². The van der Waals surface area contributed by atoms with Crippen LogP contribution in [0.2, 0.25) is 0 Å². The SMILES string of the molecule is Cc1ccc(S(=O)(=O)NCC(=O)O[C@H](C)C(=O)c2ccccc2)cc1. The number of benzene rings is 2. The molecule has 0 saturated heterocycles. The summed E-state index contributed by atoms with van der Waals surface area (Å²) in [6.07, 6.45) is -1.00. The number of hydrogen-bond acceptors (Lipinski definition) is 5. The first-order chi connectivity index (χ1) is 11.8. The third kappa shape index (κ3) is 5.23. The molecule has 0 aliphatic carbocycles. The fraction of sp³-hybridized carbons (Fsp3) is 0.222. The third-order valence-corrected chi connectivity index (χ3v) is 4.89. The molecule has 2 aromatic carbocycles. The van der Waals surface area contributed by atoms with Gasteiger partial charge < -0.3 is 4.74 Å². The number of hydrogen-bond donors (Lipinski definition) is 1. The summed E-state index contributed by atoms with van der Waals surface area (Å²) in [6, 6.07) is 14.6. The predicted octanol–water partition coefficient (Wildman–Crippen LogP) is 2.09. The number of carbonyl (C=O) groups is 2. The molecule has 0 aliphatic rings. The lowest BCUT2D eigenvalue weighted by Crippen LogP contribution is -2.34. The molecule has 0 unspecified atom stereocenters. The van der Waals surface area contributed by atoms with Gasteiger partial charge in [-0.25, -0.2) is 8.42 Å². The largest absolute Gasteiger partial charge is 0.453 e. The second kappa shape index (κ2) is 8.04. The van der Waals surface area contributed by atoms with Crippen molar-refractivity contribution in [3.8, 4) is 0 Å². The minimum atomic E-state index is -3.82. The van der Waals surface area contributed by atoms with E-state index in [1.165, 1.54) is 19.1 Å². The molecule has 0 radical (unpaired) electrons. The van der Waals surface area contributed by atoms with Gasteiger partial charge in [0.25, 0.3) is 0 Å². The van der Waals surface area contributed by atoms with Crippen LogP contribution >= 0.6 is 0 Å². The van der Waals surface area contributed by atoms with Crippen LogP contribution in [0.3, 0.4) is 0 Å². The zero-order chi connectivity index (χ0) is 18.4. The van der Waals surface area contributed by atoms with E-state index in [9.17, 15) is 18.0 Å². The third-order valence-electron chi connectivity index (χ3n) is 3.47. The molecule has 132 valence electrons. The van der Waals surface area contributed by atoms with E-state index in [4.69, 9.17) is 4.74 Å². The van der Waals surface area contributed by atoms with Crippen LogP contribution in [0, 0.1) is 6.92 Å². The number of ketones is 1. The Hall–Kier alpha value is -2.51. The monoisotopic (exact) mass is 361 g/mol. The first kappa shape index (κ1) is 18.8. The molecule has 0 aromatic heterocycles. The van der Waals surface area contributed by atoms with Gasteiger partial charge in [-0.15, -0.1) is 0 Å². The molecule has 0 fully saturated rings.